The molecule has 0 radical (unpaired) electrons. The lowest BCUT2D eigenvalue weighted by Crippen LogP contribution is -2.00. The molecular formula is C46H34N4. The summed E-state index contributed by atoms with van der Waals surface area (Å²) in [4.78, 5) is 19.9. The Morgan fingerprint density at radius 1 is 0.260 bits per heavy atom. The van der Waals surface area contributed by atoms with Gasteiger partial charge in [0, 0.05) is 27.8 Å². The van der Waals surface area contributed by atoms with E-state index in [2.05, 4.69) is 117 Å². The summed E-state index contributed by atoms with van der Waals surface area (Å²) < 4.78 is 0. The Kier molecular flexibility index (Phi) is 8.34. The van der Waals surface area contributed by atoms with Crippen LogP contribution in [0.1, 0.15) is 11.1 Å². The van der Waals surface area contributed by atoms with Crippen molar-refractivity contribution in [1.29, 1.82) is 0 Å². The van der Waals surface area contributed by atoms with Crippen LogP contribution in [0.3, 0.4) is 0 Å². The van der Waals surface area contributed by atoms with E-state index in [0.717, 1.165) is 55.9 Å². The Bertz CT molecular complexity index is 2340. The molecule has 0 aliphatic rings. The van der Waals surface area contributed by atoms with Crippen LogP contribution in [0.5, 0.6) is 0 Å². The second-order valence-corrected chi connectivity index (χ2v) is 12.6. The van der Waals surface area contributed by atoms with Gasteiger partial charge in [-0.2, -0.15) is 0 Å². The fraction of sp³-hybridized carbons (Fsp3) is 0.0435. The summed E-state index contributed by atoms with van der Waals surface area (Å²) in [6.45, 7) is 4.30. The third kappa shape index (κ3) is 6.60. The number of aromatic nitrogens is 4. The fourth-order valence-electron chi connectivity index (χ4n) is 6.35. The number of benzene rings is 6. The Balaban J connectivity index is 1.16. The van der Waals surface area contributed by atoms with E-state index in [0.29, 0.717) is 17.5 Å². The largest absolute Gasteiger partial charge is 0.248 e. The zero-order valence-corrected chi connectivity index (χ0v) is 28.0. The van der Waals surface area contributed by atoms with Crippen molar-refractivity contribution in [2.45, 2.75) is 13.8 Å². The highest BCUT2D eigenvalue weighted by Crippen LogP contribution is 2.33. The zero-order valence-electron chi connectivity index (χ0n) is 28.0. The van der Waals surface area contributed by atoms with Crippen molar-refractivity contribution in [1.82, 2.24) is 19.9 Å². The third-order valence-corrected chi connectivity index (χ3v) is 8.78. The molecule has 6 aromatic carbocycles. The molecule has 8 aromatic rings. The molecule has 0 aliphatic carbocycles. The number of nitrogens with zero attached hydrogens (tertiary/aromatic N) is 4. The lowest BCUT2D eigenvalue weighted by atomic mass is 9.96. The minimum Gasteiger partial charge on any atom is -0.248 e. The number of hydrogen-bond acceptors (Lipinski definition) is 4. The molecule has 0 atom stereocenters. The molecule has 2 aromatic heterocycles. The first-order chi connectivity index (χ1) is 24.6. The predicted octanol–water partition coefficient (Wildman–Crippen LogP) is 11.6. The molecule has 0 bridgehead atoms. The molecule has 0 unspecified atom stereocenters. The van der Waals surface area contributed by atoms with Crippen LogP contribution in [0.4, 0.5) is 0 Å². The maximum atomic E-state index is 5.14. The van der Waals surface area contributed by atoms with Gasteiger partial charge in [-0.3, -0.25) is 0 Å². The van der Waals surface area contributed by atoms with Crippen LogP contribution < -0.4 is 0 Å². The lowest BCUT2D eigenvalue weighted by molar-refractivity contribution is 1.07. The summed E-state index contributed by atoms with van der Waals surface area (Å²) >= 11 is 0. The molecule has 0 aliphatic heterocycles. The monoisotopic (exact) mass is 642 g/mol. The smallest absolute Gasteiger partial charge is 0.164 e. The van der Waals surface area contributed by atoms with Gasteiger partial charge in [0.25, 0.3) is 0 Å². The van der Waals surface area contributed by atoms with Gasteiger partial charge < -0.3 is 0 Å². The van der Waals surface area contributed by atoms with Gasteiger partial charge in [0.2, 0.25) is 0 Å². The van der Waals surface area contributed by atoms with Crippen molar-refractivity contribution in [2.24, 2.45) is 0 Å². The van der Waals surface area contributed by atoms with Crippen molar-refractivity contribution in [2.75, 3.05) is 0 Å². The van der Waals surface area contributed by atoms with Crippen molar-refractivity contribution in [3.63, 3.8) is 0 Å². The Labute approximate surface area is 292 Å². The molecule has 8 rings (SSSR count). The molecule has 0 spiro atoms. The quantitative estimate of drug-likeness (QED) is 0.174. The van der Waals surface area contributed by atoms with Crippen molar-refractivity contribution in [3.8, 4) is 78.9 Å². The topological polar surface area (TPSA) is 51.6 Å². The van der Waals surface area contributed by atoms with Crippen LogP contribution >= 0.6 is 0 Å². The van der Waals surface area contributed by atoms with Crippen LogP contribution in [0.25, 0.3) is 78.9 Å². The van der Waals surface area contributed by atoms with E-state index in [1.54, 1.807) is 0 Å². The first-order valence-corrected chi connectivity index (χ1v) is 16.8. The summed E-state index contributed by atoms with van der Waals surface area (Å²) in [5.74, 6) is 1.93. The van der Waals surface area contributed by atoms with Gasteiger partial charge in [-0.25, -0.2) is 19.9 Å². The molecule has 0 saturated carbocycles. The van der Waals surface area contributed by atoms with Crippen LogP contribution in [0.15, 0.2) is 170 Å². The molecule has 0 saturated heterocycles. The zero-order chi connectivity index (χ0) is 33.9. The summed E-state index contributed by atoms with van der Waals surface area (Å²) in [5.41, 5.74) is 13.9. The fourth-order valence-corrected chi connectivity index (χ4v) is 6.35. The van der Waals surface area contributed by atoms with Crippen LogP contribution in [-0.2, 0) is 0 Å². The molecule has 238 valence electrons. The average Bonchev–Trinajstić information content (AvgIpc) is 3.18. The second-order valence-electron chi connectivity index (χ2n) is 12.6. The highest BCUT2D eigenvalue weighted by atomic mass is 15.0. The van der Waals surface area contributed by atoms with Gasteiger partial charge in [0.05, 0.1) is 11.4 Å². The highest BCUT2D eigenvalue weighted by molar-refractivity contribution is 5.79. The normalized spacial score (nSPS) is 11.0. The van der Waals surface area contributed by atoms with Crippen LogP contribution in [0.2, 0.25) is 0 Å². The first-order valence-electron chi connectivity index (χ1n) is 16.8. The van der Waals surface area contributed by atoms with E-state index < -0.39 is 0 Å². The molecule has 0 N–H and O–H groups in total. The van der Waals surface area contributed by atoms with Crippen molar-refractivity contribution < 1.29 is 0 Å². The predicted molar refractivity (Wildman–Crippen MR) is 205 cm³/mol. The van der Waals surface area contributed by atoms with Crippen molar-refractivity contribution in [3.05, 3.63) is 181 Å². The summed E-state index contributed by atoms with van der Waals surface area (Å²) in [6.07, 6.45) is 0. The summed E-state index contributed by atoms with van der Waals surface area (Å²) in [7, 11) is 0. The highest BCUT2D eigenvalue weighted by Gasteiger charge is 2.14. The second kappa shape index (κ2) is 13.5. The SMILES string of the molecule is Cc1cc(C)cc(-c2cc(-c3ccccc3)nc(-c3ccc(-c4cccc(-c5nc(-c6ccccc6)nc(-c6ccccc6)n5)c4)cc3)c2)c1. The third-order valence-electron chi connectivity index (χ3n) is 8.78. The molecule has 2 heterocycles. The maximum absolute atomic E-state index is 5.14. The van der Waals surface area contributed by atoms with E-state index in [9.17, 15) is 0 Å². The minimum absolute atomic E-state index is 0.636. The number of aryl methyl sites for hydroxylation is 2. The summed E-state index contributed by atoms with van der Waals surface area (Å²) in [6, 6.07) is 58.7. The lowest BCUT2D eigenvalue weighted by Gasteiger charge is -2.12. The molecule has 0 amide bonds. The first kappa shape index (κ1) is 30.8. The van der Waals surface area contributed by atoms with Crippen LogP contribution in [0, 0.1) is 13.8 Å². The Morgan fingerprint density at radius 3 is 1.20 bits per heavy atom. The van der Waals surface area contributed by atoms with E-state index >= 15 is 0 Å². The van der Waals surface area contributed by atoms with Crippen LogP contribution in [-0.4, -0.2) is 19.9 Å². The number of hydrogen-bond donors (Lipinski definition) is 0. The van der Waals surface area contributed by atoms with Gasteiger partial charge in [-0.05, 0) is 54.3 Å². The minimum atomic E-state index is 0.636. The van der Waals surface area contributed by atoms with E-state index in [-0.39, 0.29) is 0 Å². The number of rotatable bonds is 7. The Hall–Kier alpha value is -6.52. The number of pyridine rings is 1. The van der Waals surface area contributed by atoms with Gasteiger partial charge in [-0.15, -0.1) is 0 Å². The molecule has 4 heteroatoms. The van der Waals surface area contributed by atoms with Crippen molar-refractivity contribution >= 4 is 0 Å². The summed E-state index contributed by atoms with van der Waals surface area (Å²) in [5, 5.41) is 0. The molecule has 50 heavy (non-hydrogen) atoms. The molecular weight excluding hydrogens is 609 g/mol. The Morgan fingerprint density at radius 2 is 0.660 bits per heavy atom. The van der Waals surface area contributed by atoms with Gasteiger partial charge in [0.15, 0.2) is 17.5 Å². The van der Waals surface area contributed by atoms with E-state index in [1.165, 1.54) is 16.7 Å². The maximum Gasteiger partial charge on any atom is 0.164 e. The molecule has 4 nitrogen and oxygen atoms in total. The van der Waals surface area contributed by atoms with Gasteiger partial charge >= 0.3 is 0 Å². The average molecular weight is 643 g/mol. The van der Waals surface area contributed by atoms with Gasteiger partial charge in [0.1, 0.15) is 0 Å². The van der Waals surface area contributed by atoms with Gasteiger partial charge in [-0.1, -0.05) is 163 Å². The van der Waals surface area contributed by atoms with E-state index in [1.807, 2.05) is 66.7 Å². The standard InChI is InChI=1S/C46H34N4/c1-31-25-32(2)27-40(26-31)41-29-42(34-13-6-3-7-14-34)47-43(30-41)35-23-21-33(22-24-35)38-19-12-20-39(28-38)46-49-44(36-15-8-4-9-16-36)48-45(50-46)37-17-10-5-11-18-37/h3-30H,1-2H3. The van der Waals surface area contributed by atoms with E-state index in [4.69, 9.17) is 19.9 Å². The molecule has 0 fully saturated rings.